The SMILES string of the molecule is CCC(=O)C(Br)C(=O)c1nc2cc(C)oc2nc1NCc1ccc(OC)cc1. The highest BCUT2D eigenvalue weighted by atomic mass is 79.9. The highest BCUT2D eigenvalue weighted by molar-refractivity contribution is 9.10. The molecule has 146 valence electrons. The van der Waals surface area contributed by atoms with Crippen LogP contribution in [-0.2, 0) is 11.3 Å². The molecule has 0 bridgehead atoms. The molecule has 0 aliphatic rings. The normalized spacial score (nSPS) is 12.0. The Morgan fingerprint density at radius 1 is 1.25 bits per heavy atom. The van der Waals surface area contributed by atoms with Crippen molar-refractivity contribution in [2.75, 3.05) is 12.4 Å². The molecule has 0 spiro atoms. The molecule has 28 heavy (non-hydrogen) atoms. The molecule has 0 fully saturated rings. The molecule has 0 saturated carbocycles. The first-order valence-corrected chi connectivity index (χ1v) is 9.70. The smallest absolute Gasteiger partial charge is 0.247 e. The number of carbonyl (C=O) groups excluding carboxylic acids is 2. The lowest BCUT2D eigenvalue weighted by Crippen LogP contribution is -2.26. The van der Waals surface area contributed by atoms with Gasteiger partial charge in [0.05, 0.1) is 7.11 Å². The molecule has 2 heterocycles. The summed E-state index contributed by atoms with van der Waals surface area (Å²) in [4.78, 5) is 32.7. The van der Waals surface area contributed by atoms with Crippen LogP contribution in [0.5, 0.6) is 5.75 Å². The molecule has 0 saturated heterocycles. The Hall–Kier alpha value is -2.74. The monoisotopic (exact) mass is 445 g/mol. The lowest BCUT2D eigenvalue weighted by molar-refractivity contribution is -0.117. The van der Waals surface area contributed by atoms with Gasteiger partial charge < -0.3 is 14.5 Å². The molecule has 7 nitrogen and oxygen atoms in total. The largest absolute Gasteiger partial charge is 0.497 e. The fourth-order valence-corrected chi connectivity index (χ4v) is 3.19. The summed E-state index contributed by atoms with van der Waals surface area (Å²) >= 11 is 3.19. The Morgan fingerprint density at radius 2 is 1.96 bits per heavy atom. The van der Waals surface area contributed by atoms with Crippen LogP contribution in [0.4, 0.5) is 5.82 Å². The first-order chi connectivity index (χ1) is 13.4. The van der Waals surface area contributed by atoms with E-state index >= 15 is 0 Å². The summed E-state index contributed by atoms with van der Waals surface area (Å²) in [7, 11) is 1.61. The van der Waals surface area contributed by atoms with E-state index in [9.17, 15) is 9.59 Å². The average Bonchev–Trinajstić information content (AvgIpc) is 3.08. The maximum Gasteiger partial charge on any atom is 0.247 e. The third-order valence-electron chi connectivity index (χ3n) is 4.20. The average molecular weight is 446 g/mol. The van der Waals surface area contributed by atoms with Crippen molar-refractivity contribution in [1.29, 1.82) is 0 Å². The molecule has 1 atom stereocenters. The number of ketones is 2. The zero-order valence-electron chi connectivity index (χ0n) is 15.8. The number of ether oxygens (including phenoxy) is 1. The van der Waals surface area contributed by atoms with Gasteiger partial charge in [-0.15, -0.1) is 0 Å². The molecular weight excluding hydrogens is 426 g/mol. The maximum atomic E-state index is 12.9. The van der Waals surface area contributed by atoms with Crippen molar-refractivity contribution in [1.82, 2.24) is 9.97 Å². The van der Waals surface area contributed by atoms with Crippen LogP contribution in [0, 0.1) is 6.92 Å². The molecular formula is C20H20BrN3O4. The van der Waals surface area contributed by atoms with Gasteiger partial charge >= 0.3 is 0 Å². The maximum absolute atomic E-state index is 12.9. The number of hydrogen-bond donors (Lipinski definition) is 1. The quantitative estimate of drug-likeness (QED) is 0.317. The summed E-state index contributed by atoms with van der Waals surface area (Å²) in [5.41, 5.74) is 1.88. The zero-order valence-corrected chi connectivity index (χ0v) is 17.4. The molecule has 2 aromatic heterocycles. The van der Waals surface area contributed by atoms with Crippen molar-refractivity contribution in [2.45, 2.75) is 31.6 Å². The Bertz CT molecular complexity index is 1010. The van der Waals surface area contributed by atoms with Crippen LogP contribution in [0.25, 0.3) is 11.2 Å². The number of anilines is 1. The standard InChI is InChI=1S/C20H20BrN3O4/c1-4-15(25)16(21)18(26)17-19(24-20-14(23-17)9-11(2)28-20)22-10-12-5-7-13(27-3)8-6-12/h5-9,16H,4,10H2,1-3H3,(H,22,24). The van der Waals surface area contributed by atoms with Crippen molar-refractivity contribution >= 4 is 44.5 Å². The number of carbonyl (C=O) groups is 2. The number of methoxy groups -OCH3 is 1. The van der Waals surface area contributed by atoms with Crippen molar-refractivity contribution < 1.29 is 18.7 Å². The highest BCUT2D eigenvalue weighted by Crippen LogP contribution is 2.24. The van der Waals surface area contributed by atoms with E-state index in [1.807, 2.05) is 24.3 Å². The van der Waals surface area contributed by atoms with E-state index in [2.05, 4.69) is 31.2 Å². The van der Waals surface area contributed by atoms with Gasteiger partial charge in [0.15, 0.2) is 17.3 Å². The molecule has 1 N–H and O–H groups in total. The second-order valence-corrected chi connectivity index (χ2v) is 7.13. The van der Waals surface area contributed by atoms with Gasteiger partial charge in [-0.2, -0.15) is 4.98 Å². The number of halogens is 1. The number of nitrogens with zero attached hydrogens (tertiary/aromatic N) is 2. The van der Waals surface area contributed by atoms with Crippen molar-refractivity contribution in [3.63, 3.8) is 0 Å². The van der Waals surface area contributed by atoms with E-state index in [0.717, 1.165) is 11.3 Å². The number of aryl methyl sites for hydroxylation is 1. The molecule has 3 rings (SSSR count). The van der Waals surface area contributed by atoms with Crippen LogP contribution < -0.4 is 10.1 Å². The molecule has 3 aromatic rings. The third kappa shape index (κ3) is 4.22. The van der Waals surface area contributed by atoms with Gasteiger partial charge in [-0.1, -0.05) is 35.0 Å². The van der Waals surface area contributed by atoms with Crippen LogP contribution in [0.3, 0.4) is 0 Å². The van der Waals surface area contributed by atoms with Gasteiger partial charge in [0, 0.05) is 19.0 Å². The summed E-state index contributed by atoms with van der Waals surface area (Å²) in [5, 5.41) is 3.13. The summed E-state index contributed by atoms with van der Waals surface area (Å²) < 4.78 is 10.7. The van der Waals surface area contributed by atoms with Gasteiger partial charge in [0.25, 0.3) is 0 Å². The predicted molar refractivity (Wildman–Crippen MR) is 109 cm³/mol. The molecule has 8 heteroatoms. The molecule has 1 unspecified atom stereocenters. The number of benzene rings is 1. The number of alkyl halides is 1. The van der Waals surface area contributed by atoms with Gasteiger partial charge in [0.2, 0.25) is 11.5 Å². The summed E-state index contributed by atoms with van der Waals surface area (Å²) in [6, 6.07) is 9.22. The number of furan rings is 1. The summed E-state index contributed by atoms with van der Waals surface area (Å²) in [5.74, 6) is 1.03. The summed E-state index contributed by atoms with van der Waals surface area (Å²) in [6.45, 7) is 3.91. The van der Waals surface area contributed by atoms with Gasteiger partial charge in [0.1, 0.15) is 21.9 Å². The molecule has 0 radical (unpaired) electrons. The molecule has 0 aliphatic carbocycles. The minimum atomic E-state index is -0.959. The van der Waals surface area contributed by atoms with Crippen LogP contribution in [0.2, 0.25) is 0 Å². The Labute approximate surface area is 170 Å². The number of hydrogen-bond acceptors (Lipinski definition) is 7. The molecule has 0 aliphatic heterocycles. The van der Waals surface area contributed by atoms with E-state index in [-0.39, 0.29) is 23.7 Å². The van der Waals surface area contributed by atoms with Crippen LogP contribution in [-0.4, -0.2) is 33.5 Å². The van der Waals surface area contributed by atoms with E-state index in [4.69, 9.17) is 9.15 Å². The number of fused-ring (bicyclic) bond motifs is 1. The Balaban J connectivity index is 1.93. The zero-order chi connectivity index (χ0) is 20.3. The van der Waals surface area contributed by atoms with E-state index in [1.54, 1.807) is 27.0 Å². The van der Waals surface area contributed by atoms with Gasteiger partial charge in [-0.25, -0.2) is 4.98 Å². The second-order valence-electron chi connectivity index (χ2n) is 6.22. The number of rotatable bonds is 8. The van der Waals surface area contributed by atoms with Gasteiger partial charge in [-0.3, -0.25) is 9.59 Å². The van der Waals surface area contributed by atoms with Crippen LogP contribution in [0.15, 0.2) is 34.7 Å². The minimum absolute atomic E-state index is 0.102. The van der Waals surface area contributed by atoms with Crippen LogP contribution in [0.1, 0.15) is 35.2 Å². The first-order valence-electron chi connectivity index (χ1n) is 8.79. The Morgan fingerprint density at radius 3 is 2.61 bits per heavy atom. The third-order valence-corrected chi connectivity index (χ3v) is 5.13. The van der Waals surface area contributed by atoms with E-state index in [1.165, 1.54) is 0 Å². The predicted octanol–water partition coefficient (Wildman–Crippen LogP) is 4.08. The Kier molecular flexibility index (Phi) is 6.08. The van der Waals surface area contributed by atoms with Crippen molar-refractivity contribution in [2.24, 2.45) is 0 Å². The number of nitrogens with one attached hydrogen (secondary N) is 1. The minimum Gasteiger partial charge on any atom is -0.497 e. The van der Waals surface area contributed by atoms with Crippen molar-refractivity contribution in [3.05, 3.63) is 47.3 Å². The first kappa shape index (κ1) is 20.0. The lowest BCUT2D eigenvalue weighted by atomic mass is 10.1. The summed E-state index contributed by atoms with van der Waals surface area (Å²) in [6.07, 6.45) is 0.247. The number of Topliss-reactive ketones (excluding diaryl/α,β-unsaturated/α-hetero) is 2. The van der Waals surface area contributed by atoms with E-state index < -0.39 is 10.6 Å². The molecule has 0 amide bonds. The second kappa shape index (κ2) is 8.52. The lowest BCUT2D eigenvalue weighted by Gasteiger charge is -2.12. The number of aromatic nitrogens is 2. The van der Waals surface area contributed by atoms with E-state index in [0.29, 0.717) is 23.5 Å². The fourth-order valence-electron chi connectivity index (χ4n) is 2.65. The highest BCUT2D eigenvalue weighted by Gasteiger charge is 2.28. The topological polar surface area (TPSA) is 94.3 Å². The van der Waals surface area contributed by atoms with Gasteiger partial charge in [-0.05, 0) is 24.6 Å². The van der Waals surface area contributed by atoms with Crippen LogP contribution >= 0.6 is 15.9 Å². The van der Waals surface area contributed by atoms with Crippen molar-refractivity contribution in [3.8, 4) is 5.75 Å². The molecule has 1 aromatic carbocycles. The fraction of sp³-hybridized carbons (Fsp3) is 0.300.